The summed E-state index contributed by atoms with van der Waals surface area (Å²) in [5.41, 5.74) is 0. The zero-order chi connectivity index (χ0) is 4.28. The summed E-state index contributed by atoms with van der Waals surface area (Å²) in [5.74, 6) is -0.111. The van der Waals surface area contributed by atoms with E-state index in [2.05, 4.69) is 0 Å². The highest BCUT2D eigenvalue weighted by Crippen LogP contribution is 1.71. The van der Waals surface area contributed by atoms with Gasteiger partial charge >= 0.3 is 7.12 Å². The summed E-state index contributed by atoms with van der Waals surface area (Å²) >= 11 is 4.84. The van der Waals surface area contributed by atoms with Crippen molar-refractivity contribution in [2.75, 3.05) is 5.78 Å². The molecule has 0 radical (unpaired) electrons. The number of rotatable bonds is 1. The van der Waals surface area contributed by atoms with Crippen LogP contribution < -0.4 is 0 Å². The van der Waals surface area contributed by atoms with E-state index in [9.17, 15) is 0 Å². The molecule has 0 atom stereocenters. The predicted octanol–water partition coefficient (Wildman–Crippen LogP) is -0.763. The Balaban J connectivity index is 2.54. The Hall–Kier alpha value is 0.275. The molecule has 0 aliphatic rings. The van der Waals surface area contributed by atoms with Crippen LogP contribution in [0.5, 0.6) is 0 Å². The molecule has 30 valence electrons. The van der Waals surface area contributed by atoms with Crippen molar-refractivity contribution in [2.24, 2.45) is 0 Å². The Kier molecular flexibility index (Phi) is 2.65. The lowest BCUT2D eigenvalue weighted by molar-refractivity contribution is 0.415. The summed E-state index contributed by atoms with van der Waals surface area (Å²) < 4.78 is 0. The van der Waals surface area contributed by atoms with Crippen LogP contribution in [0, 0.1) is 0 Å². The van der Waals surface area contributed by atoms with Gasteiger partial charge in [0.2, 0.25) is 0 Å². The lowest BCUT2D eigenvalue weighted by Gasteiger charge is -1.79. The van der Waals surface area contributed by atoms with Gasteiger partial charge in [-0.05, 0) is 0 Å². The van der Waals surface area contributed by atoms with Crippen LogP contribution in [0.25, 0.3) is 0 Å². The molecule has 0 amide bonds. The van der Waals surface area contributed by atoms with Crippen LogP contribution in [0.1, 0.15) is 0 Å². The molecule has 0 rings (SSSR count). The molecule has 0 aromatic heterocycles. The van der Waals surface area contributed by atoms with Crippen LogP contribution in [0.4, 0.5) is 0 Å². The first-order valence-corrected chi connectivity index (χ1v) is 1.73. The monoisotopic (exact) mass is 94.0 g/mol. The summed E-state index contributed by atoms with van der Waals surface area (Å²) in [6.07, 6.45) is 0. The summed E-state index contributed by atoms with van der Waals surface area (Å²) in [5, 5.41) is 15.6. The van der Waals surface area contributed by atoms with Gasteiger partial charge < -0.3 is 10.0 Å². The predicted molar refractivity (Wildman–Crippen MR) is 20.9 cm³/mol. The average molecular weight is 94.3 g/mol. The number of hydrogen-bond donors (Lipinski definition) is 2. The van der Waals surface area contributed by atoms with Gasteiger partial charge in [0.15, 0.2) is 0 Å². The van der Waals surface area contributed by atoms with E-state index in [0.29, 0.717) is 0 Å². The smallest absolute Gasteiger partial charge is 0.426 e. The molecule has 4 heteroatoms. The van der Waals surface area contributed by atoms with Crippen molar-refractivity contribution < 1.29 is 10.0 Å². The Morgan fingerprint density at radius 2 is 1.80 bits per heavy atom. The molecular weight excluding hydrogens is 90.3 g/mol. The zero-order valence-electron chi connectivity index (χ0n) is 2.56. The third-order valence-corrected chi connectivity index (χ3v) is 0.414. The molecule has 5 heavy (non-hydrogen) atoms. The minimum absolute atomic E-state index is 0.111. The van der Waals surface area contributed by atoms with Crippen molar-refractivity contribution in [2.45, 2.75) is 0 Å². The van der Waals surface area contributed by atoms with E-state index >= 15 is 0 Å². The van der Waals surface area contributed by atoms with Gasteiger partial charge in [-0.1, -0.05) is 0 Å². The largest absolute Gasteiger partial charge is 0.467 e. The minimum Gasteiger partial charge on any atom is -0.426 e. The number of alkyl halides is 1. The summed E-state index contributed by atoms with van der Waals surface area (Å²) in [6.45, 7) is 0. The standard InChI is InChI=1S/CH4BClO2/c3-1-2(4)5/h4-5H,1H2. The Morgan fingerprint density at radius 3 is 1.80 bits per heavy atom. The Bertz CT molecular complexity index is 23.6. The second-order valence-corrected chi connectivity index (χ2v) is 0.944. The molecule has 0 aromatic carbocycles. The molecule has 0 saturated carbocycles. The van der Waals surface area contributed by atoms with E-state index < -0.39 is 7.12 Å². The molecule has 0 aliphatic carbocycles. The fourth-order valence-corrected chi connectivity index (χ4v) is 0. The SMILES string of the molecule is OB(O)CCl. The van der Waals surface area contributed by atoms with Crippen LogP contribution >= 0.6 is 11.6 Å². The lowest BCUT2D eigenvalue weighted by atomic mass is 9.98. The molecule has 2 N–H and O–H groups in total. The molecule has 0 spiro atoms. The van der Waals surface area contributed by atoms with E-state index in [1.807, 2.05) is 0 Å². The molecule has 0 saturated heterocycles. The van der Waals surface area contributed by atoms with E-state index in [0.717, 1.165) is 0 Å². The van der Waals surface area contributed by atoms with Crippen LogP contribution in [0.2, 0.25) is 0 Å². The van der Waals surface area contributed by atoms with Gasteiger partial charge in [0, 0.05) is 0 Å². The van der Waals surface area contributed by atoms with Crippen molar-refractivity contribution in [3.63, 3.8) is 0 Å². The first-order chi connectivity index (χ1) is 2.27. The van der Waals surface area contributed by atoms with Crippen molar-refractivity contribution in [3.05, 3.63) is 0 Å². The number of halogens is 1. The first kappa shape index (κ1) is 5.27. The third kappa shape index (κ3) is 4.27. The van der Waals surface area contributed by atoms with E-state index in [-0.39, 0.29) is 5.78 Å². The van der Waals surface area contributed by atoms with Crippen LogP contribution in [-0.4, -0.2) is 22.9 Å². The topological polar surface area (TPSA) is 40.5 Å². The second kappa shape index (κ2) is 2.51. The molecule has 0 bridgehead atoms. The Morgan fingerprint density at radius 1 is 1.60 bits per heavy atom. The highest BCUT2D eigenvalue weighted by atomic mass is 35.5. The van der Waals surface area contributed by atoms with Gasteiger partial charge in [0.25, 0.3) is 0 Å². The maximum Gasteiger partial charge on any atom is 0.467 e. The molecule has 2 nitrogen and oxygen atoms in total. The highest BCUT2D eigenvalue weighted by Gasteiger charge is 1.99. The maximum atomic E-state index is 7.78. The second-order valence-electron chi connectivity index (χ2n) is 0.635. The minimum atomic E-state index is -1.35. The molecule has 0 aromatic rings. The van der Waals surface area contributed by atoms with Crippen molar-refractivity contribution in [1.82, 2.24) is 0 Å². The van der Waals surface area contributed by atoms with Gasteiger partial charge in [0.1, 0.15) is 0 Å². The van der Waals surface area contributed by atoms with Crippen LogP contribution in [0.3, 0.4) is 0 Å². The van der Waals surface area contributed by atoms with Gasteiger partial charge in [-0.15, -0.1) is 11.6 Å². The molecule has 0 aliphatic heterocycles. The van der Waals surface area contributed by atoms with Gasteiger partial charge in [-0.2, -0.15) is 0 Å². The summed E-state index contributed by atoms with van der Waals surface area (Å²) in [7, 11) is -1.35. The zero-order valence-corrected chi connectivity index (χ0v) is 3.31. The highest BCUT2D eigenvalue weighted by molar-refractivity contribution is 6.54. The van der Waals surface area contributed by atoms with Crippen LogP contribution in [-0.2, 0) is 0 Å². The van der Waals surface area contributed by atoms with Gasteiger partial charge in [-0.3, -0.25) is 0 Å². The molecule has 0 heterocycles. The summed E-state index contributed by atoms with van der Waals surface area (Å²) in [4.78, 5) is 0. The van der Waals surface area contributed by atoms with Crippen molar-refractivity contribution in [1.29, 1.82) is 0 Å². The quantitative estimate of drug-likeness (QED) is 0.331. The summed E-state index contributed by atoms with van der Waals surface area (Å²) in [6, 6.07) is 0. The average Bonchev–Trinajstić information content (AvgIpc) is 1.38. The first-order valence-electron chi connectivity index (χ1n) is 1.19. The molecular formula is CH4BClO2. The Labute approximate surface area is 35.5 Å². The van der Waals surface area contributed by atoms with E-state index in [1.54, 1.807) is 0 Å². The van der Waals surface area contributed by atoms with Gasteiger partial charge in [0.05, 0.1) is 5.78 Å². The molecule has 0 fully saturated rings. The van der Waals surface area contributed by atoms with E-state index in [4.69, 9.17) is 21.6 Å². The van der Waals surface area contributed by atoms with E-state index in [1.165, 1.54) is 0 Å². The third-order valence-electron chi connectivity index (χ3n) is 0.138. The normalized spacial score (nSPS) is 7.80. The van der Waals surface area contributed by atoms with Crippen LogP contribution in [0.15, 0.2) is 0 Å². The molecule has 0 unspecified atom stereocenters. The van der Waals surface area contributed by atoms with Crippen molar-refractivity contribution in [3.8, 4) is 0 Å². The lowest BCUT2D eigenvalue weighted by Crippen LogP contribution is -2.12. The number of hydrogen-bond acceptors (Lipinski definition) is 2. The fraction of sp³-hybridized carbons (Fsp3) is 1.00. The maximum absolute atomic E-state index is 7.78. The van der Waals surface area contributed by atoms with Gasteiger partial charge in [-0.25, -0.2) is 0 Å². The fourth-order valence-electron chi connectivity index (χ4n) is 0. The van der Waals surface area contributed by atoms with Crippen molar-refractivity contribution >= 4 is 18.7 Å².